The van der Waals surface area contributed by atoms with Gasteiger partial charge in [-0.3, -0.25) is 0 Å². The molecule has 21 heavy (non-hydrogen) atoms. The Kier molecular flexibility index (Phi) is 3.87. The number of benzene rings is 2. The zero-order valence-corrected chi connectivity index (χ0v) is 12.9. The summed E-state index contributed by atoms with van der Waals surface area (Å²) in [7, 11) is 0. The maximum atomic E-state index is 6.16. The molecule has 1 aliphatic carbocycles. The van der Waals surface area contributed by atoms with E-state index in [9.17, 15) is 0 Å². The van der Waals surface area contributed by atoms with Gasteiger partial charge in [0, 0.05) is 11.6 Å². The highest BCUT2D eigenvalue weighted by molar-refractivity contribution is 5.52. The van der Waals surface area contributed by atoms with Crippen LogP contribution in [0, 0.1) is 13.8 Å². The lowest BCUT2D eigenvalue weighted by Gasteiger charge is -2.26. The van der Waals surface area contributed by atoms with Crippen LogP contribution in [0.5, 0.6) is 5.75 Å². The molecule has 1 atom stereocenters. The third kappa shape index (κ3) is 2.90. The number of aryl methyl sites for hydroxylation is 3. The number of rotatable bonds is 3. The molecule has 0 saturated heterocycles. The predicted octanol–water partition coefficient (Wildman–Crippen LogP) is 4.38. The first-order valence-corrected chi connectivity index (χ1v) is 7.72. The van der Waals surface area contributed by atoms with Crippen molar-refractivity contribution < 1.29 is 4.74 Å². The first kappa shape index (κ1) is 14.0. The van der Waals surface area contributed by atoms with E-state index in [0.29, 0.717) is 5.92 Å². The van der Waals surface area contributed by atoms with Gasteiger partial charge >= 0.3 is 0 Å². The van der Waals surface area contributed by atoms with Crippen molar-refractivity contribution in [1.82, 2.24) is 0 Å². The van der Waals surface area contributed by atoms with Crippen molar-refractivity contribution in [2.45, 2.75) is 39.0 Å². The van der Waals surface area contributed by atoms with Gasteiger partial charge in [-0.25, -0.2) is 0 Å². The minimum Gasteiger partial charge on any atom is -0.492 e. The Hall–Kier alpha value is -1.96. The Morgan fingerprint density at radius 3 is 2.62 bits per heavy atom. The number of nitrogens with two attached hydrogens (primary N) is 1. The molecule has 0 fully saturated rings. The summed E-state index contributed by atoms with van der Waals surface area (Å²) >= 11 is 0. The first-order valence-electron chi connectivity index (χ1n) is 7.72. The Labute approximate surface area is 126 Å². The largest absolute Gasteiger partial charge is 0.492 e. The van der Waals surface area contributed by atoms with Crippen LogP contribution in [0.1, 0.15) is 41.0 Å². The normalized spacial score (nSPS) is 17.3. The fraction of sp³-hybridized carbons (Fsp3) is 0.368. The van der Waals surface area contributed by atoms with Crippen molar-refractivity contribution >= 4 is 5.69 Å². The van der Waals surface area contributed by atoms with Crippen LogP contribution in [0.25, 0.3) is 0 Å². The van der Waals surface area contributed by atoms with E-state index in [4.69, 9.17) is 10.5 Å². The van der Waals surface area contributed by atoms with Gasteiger partial charge in [0.1, 0.15) is 5.75 Å². The average Bonchev–Trinajstić information content (AvgIpc) is 2.46. The van der Waals surface area contributed by atoms with E-state index >= 15 is 0 Å². The molecular formula is C19H23NO. The smallest absolute Gasteiger partial charge is 0.125 e. The third-order valence-corrected chi connectivity index (χ3v) is 4.41. The summed E-state index contributed by atoms with van der Waals surface area (Å²) < 4.78 is 6.16. The molecule has 0 spiro atoms. The third-order valence-electron chi connectivity index (χ3n) is 4.41. The molecule has 0 radical (unpaired) electrons. The van der Waals surface area contributed by atoms with Crippen LogP contribution in [0.15, 0.2) is 36.4 Å². The van der Waals surface area contributed by atoms with Crippen LogP contribution >= 0.6 is 0 Å². The zero-order valence-electron chi connectivity index (χ0n) is 12.9. The summed E-state index contributed by atoms with van der Waals surface area (Å²) in [5.41, 5.74) is 11.9. The molecule has 2 nitrogen and oxygen atoms in total. The van der Waals surface area contributed by atoms with Crippen LogP contribution < -0.4 is 10.5 Å². The number of hydrogen-bond donors (Lipinski definition) is 1. The standard InChI is InChI=1S/C19H23NO/c1-13-10-17(20)11-14(2)19(13)21-12-16-8-5-7-15-6-3-4-9-18(15)16/h3-4,6,9-11,16H,5,7-8,12,20H2,1-2H3. The van der Waals surface area contributed by atoms with Crippen LogP contribution in [0.4, 0.5) is 5.69 Å². The van der Waals surface area contributed by atoms with E-state index in [0.717, 1.165) is 29.2 Å². The Balaban J connectivity index is 1.78. The van der Waals surface area contributed by atoms with Gasteiger partial charge in [0.2, 0.25) is 0 Å². The van der Waals surface area contributed by atoms with Crippen molar-refractivity contribution in [3.8, 4) is 5.75 Å². The molecule has 110 valence electrons. The second-order valence-electron chi connectivity index (χ2n) is 6.08. The Morgan fingerprint density at radius 1 is 1.14 bits per heavy atom. The second kappa shape index (κ2) is 5.80. The fourth-order valence-electron chi connectivity index (χ4n) is 3.42. The maximum Gasteiger partial charge on any atom is 0.125 e. The van der Waals surface area contributed by atoms with Crippen molar-refractivity contribution in [3.63, 3.8) is 0 Å². The lowest BCUT2D eigenvalue weighted by atomic mass is 9.83. The predicted molar refractivity (Wildman–Crippen MR) is 87.9 cm³/mol. The van der Waals surface area contributed by atoms with Crippen molar-refractivity contribution in [1.29, 1.82) is 0 Å². The van der Waals surface area contributed by atoms with E-state index in [1.807, 2.05) is 12.1 Å². The lowest BCUT2D eigenvalue weighted by Crippen LogP contribution is -2.17. The van der Waals surface area contributed by atoms with Gasteiger partial charge in [0.15, 0.2) is 0 Å². The molecule has 2 heteroatoms. The molecule has 1 unspecified atom stereocenters. The van der Waals surface area contributed by atoms with E-state index in [1.165, 1.54) is 30.4 Å². The molecule has 1 aliphatic rings. The van der Waals surface area contributed by atoms with Gasteiger partial charge in [0.05, 0.1) is 6.61 Å². The SMILES string of the molecule is Cc1cc(N)cc(C)c1OCC1CCCc2ccccc21. The zero-order chi connectivity index (χ0) is 14.8. The monoisotopic (exact) mass is 281 g/mol. The van der Waals surface area contributed by atoms with E-state index in [1.54, 1.807) is 0 Å². The first-order chi connectivity index (χ1) is 10.1. The molecule has 0 heterocycles. The second-order valence-corrected chi connectivity index (χ2v) is 6.08. The van der Waals surface area contributed by atoms with Crippen molar-refractivity contribution in [2.75, 3.05) is 12.3 Å². The summed E-state index contributed by atoms with van der Waals surface area (Å²) in [5.74, 6) is 1.50. The van der Waals surface area contributed by atoms with Crippen LogP contribution in [-0.4, -0.2) is 6.61 Å². The molecule has 0 aromatic heterocycles. The van der Waals surface area contributed by atoms with Gasteiger partial charge in [-0.2, -0.15) is 0 Å². The molecule has 2 aromatic carbocycles. The highest BCUT2D eigenvalue weighted by atomic mass is 16.5. The van der Waals surface area contributed by atoms with Gasteiger partial charge in [-0.05, 0) is 67.5 Å². The number of nitrogen functional groups attached to an aromatic ring is 1. The number of hydrogen-bond acceptors (Lipinski definition) is 2. The summed E-state index contributed by atoms with van der Waals surface area (Å²) in [4.78, 5) is 0. The average molecular weight is 281 g/mol. The number of fused-ring (bicyclic) bond motifs is 1. The summed E-state index contributed by atoms with van der Waals surface area (Å²) in [5, 5.41) is 0. The Bertz CT molecular complexity index is 625. The van der Waals surface area contributed by atoms with Crippen LogP contribution in [0.3, 0.4) is 0 Å². The topological polar surface area (TPSA) is 35.2 Å². The van der Waals surface area contributed by atoms with E-state index < -0.39 is 0 Å². The van der Waals surface area contributed by atoms with Gasteiger partial charge in [-0.15, -0.1) is 0 Å². The molecular weight excluding hydrogens is 258 g/mol. The van der Waals surface area contributed by atoms with Gasteiger partial charge in [0.25, 0.3) is 0 Å². The van der Waals surface area contributed by atoms with E-state index in [-0.39, 0.29) is 0 Å². The molecule has 3 rings (SSSR count). The van der Waals surface area contributed by atoms with Crippen molar-refractivity contribution in [3.05, 3.63) is 58.7 Å². The minimum atomic E-state index is 0.506. The number of anilines is 1. The molecule has 0 amide bonds. The van der Waals surface area contributed by atoms with Gasteiger partial charge < -0.3 is 10.5 Å². The van der Waals surface area contributed by atoms with Crippen molar-refractivity contribution in [2.24, 2.45) is 0 Å². The Morgan fingerprint density at radius 2 is 1.86 bits per heavy atom. The van der Waals surface area contributed by atoms with Crippen LogP contribution in [0.2, 0.25) is 0 Å². The summed E-state index contributed by atoms with van der Waals surface area (Å²) in [6.45, 7) is 4.88. The van der Waals surface area contributed by atoms with Gasteiger partial charge in [-0.1, -0.05) is 24.3 Å². The molecule has 2 N–H and O–H groups in total. The molecule has 0 aliphatic heterocycles. The molecule has 0 saturated carbocycles. The number of ether oxygens (including phenoxy) is 1. The highest BCUT2D eigenvalue weighted by Gasteiger charge is 2.20. The minimum absolute atomic E-state index is 0.506. The molecule has 2 aromatic rings. The lowest BCUT2D eigenvalue weighted by molar-refractivity contribution is 0.271. The summed E-state index contributed by atoms with van der Waals surface area (Å²) in [6, 6.07) is 12.7. The quantitative estimate of drug-likeness (QED) is 0.847. The van der Waals surface area contributed by atoms with E-state index in [2.05, 4.69) is 38.1 Å². The van der Waals surface area contributed by atoms with Crippen LogP contribution in [-0.2, 0) is 6.42 Å². The maximum absolute atomic E-state index is 6.16. The molecule has 0 bridgehead atoms. The fourth-order valence-corrected chi connectivity index (χ4v) is 3.42. The highest BCUT2D eigenvalue weighted by Crippen LogP contribution is 2.33. The summed E-state index contributed by atoms with van der Waals surface area (Å²) in [6.07, 6.45) is 3.67.